The highest BCUT2D eigenvalue weighted by Crippen LogP contribution is 2.27. The minimum atomic E-state index is 0.408. The maximum Gasteiger partial charge on any atom is 0.125 e. The van der Waals surface area contributed by atoms with E-state index >= 15 is 0 Å². The number of ether oxygens (including phenoxy) is 1. The van der Waals surface area contributed by atoms with Crippen molar-refractivity contribution >= 4 is 11.6 Å². The summed E-state index contributed by atoms with van der Waals surface area (Å²) in [5.74, 6) is 0.846. The Morgan fingerprint density at radius 1 is 1.10 bits per heavy atom. The van der Waals surface area contributed by atoms with E-state index in [-0.39, 0.29) is 0 Å². The highest BCUT2D eigenvalue weighted by molar-refractivity contribution is 6.31. The molecule has 21 heavy (non-hydrogen) atoms. The van der Waals surface area contributed by atoms with Gasteiger partial charge in [0.2, 0.25) is 0 Å². The summed E-state index contributed by atoms with van der Waals surface area (Å²) in [5, 5.41) is 4.13. The monoisotopic (exact) mass is 303 g/mol. The zero-order valence-electron chi connectivity index (χ0n) is 12.8. The van der Waals surface area contributed by atoms with E-state index in [0.29, 0.717) is 19.2 Å². The fourth-order valence-electron chi connectivity index (χ4n) is 2.08. The first-order chi connectivity index (χ1) is 10.1. The normalized spacial score (nSPS) is 10.9. The van der Waals surface area contributed by atoms with Crippen molar-refractivity contribution in [3.8, 4) is 5.75 Å². The van der Waals surface area contributed by atoms with Crippen LogP contribution < -0.4 is 10.1 Å². The Morgan fingerprint density at radius 3 is 2.57 bits per heavy atom. The van der Waals surface area contributed by atoms with Crippen LogP contribution in [0.25, 0.3) is 0 Å². The van der Waals surface area contributed by atoms with Gasteiger partial charge in [0.25, 0.3) is 0 Å². The highest BCUT2D eigenvalue weighted by atomic mass is 35.5. The fourth-order valence-corrected chi connectivity index (χ4v) is 2.31. The Bertz CT molecular complexity index is 596. The molecule has 0 unspecified atom stereocenters. The molecule has 112 valence electrons. The molecule has 0 atom stereocenters. The lowest BCUT2D eigenvalue weighted by Crippen LogP contribution is -2.22. The highest BCUT2D eigenvalue weighted by Gasteiger charge is 2.09. The molecule has 2 aromatic carbocycles. The molecule has 3 heteroatoms. The smallest absolute Gasteiger partial charge is 0.125 e. The van der Waals surface area contributed by atoms with Crippen molar-refractivity contribution < 1.29 is 4.74 Å². The van der Waals surface area contributed by atoms with Crippen molar-refractivity contribution in [3.63, 3.8) is 0 Å². The first-order valence-corrected chi connectivity index (χ1v) is 7.64. The molecule has 0 heterocycles. The van der Waals surface area contributed by atoms with Crippen LogP contribution in [0.5, 0.6) is 5.75 Å². The van der Waals surface area contributed by atoms with Crippen LogP contribution in [0.3, 0.4) is 0 Å². The van der Waals surface area contributed by atoms with Gasteiger partial charge in [-0.1, -0.05) is 55.8 Å². The molecule has 0 fully saturated rings. The summed E-state index contributed by atoms with van der Waals surface area (Å²) in [6, 6.07) is 14.5. The Hall–Kier alpha value is -1.51. The molecule has 0 aliphatic rings. The maximum absolute atomic E-state index is 6.31. The molecule has 2 rings (SSSR count). The van der Waals surface area contributed by atoms with Gasteiger partial charge < -0.3 is 10.1 Å². The Labute approximate surface area is 132 Å². The van der Waals surface area contributed by atoms with Crippen LogP contribution in [0.15, 0.2) is 42.5 Å². The maximum atomic E-state index is 6.31. The van der Waals surface area contributed by atoms with Gasteiger partial charge in [-0.05, 0) is 30.2 Å². The van der Waals surface area contributed by atoms with Gasteiger partial charge >= 0.3 is 0 Å². The summed E-state index contributed by atoms with van der Waals surface area (Å²) in [7, 11) is 0. The largest absolute Gasteiger partial charge is 0.489 e. The minimum absolute atomic E-state index is 0.408. The SMILES string of the molecule is Cc1ccccc1COc1cccc(Cl)c1CNC(C)C. The molecule has 2 nitrogen and oxygen atoms in total. The van der Waals surface area contributed by atoms with Gasteiger partial charge in [-0.2, -0.15) is 0 Å². The number of aryl methyl sites for hydroxylation is 1. The second-order valence-corrected chi connectivity index (χ2v) is 5.87. The van der Waals surface area contributed by atoms with Crippen LogP contribution in [-0.2, 0) is 13.2 Å². The van der Waals surface area contributed by atoms with E-state index in [4.69, 9.17) is 16.3 Å². The molecular weight excluding hydrogens is 282 g/mol. The molecule has 0 aromatic heterocycles. The standard InChI is InChI=1S/C18H22ClNO/c1-13(2)20-11-16-17(19)9-6-10-18(16)21-12-15-8-5-4-7-14(15)3/h4-10,13,20H,11-12H2,1-3H3. The van der Waals surface area contributed by atoms with Crippen molar-refractivity contribution in [3.05, 3.63) is 64.2 Å². The number of nitrogens with one attached hydrogen (secondary N) is 1. The van der Waals surface area contributed by atoms with Gasteiger partial charge in [-0.25, -0.2) is 0 Å². The minimum Gasteiger partial charge on any atom is -0.489 e. The van der Waals surface area contributed by atoms with E-state index in [1.807, 2.05) is 30.3 Å². The molecule has 2 aromatic rings. The summed E-state index contributed by atoms with van der Waals surface area (Å²) < 4.78 is 5.99. The molecule has 0 aliphatic heterocycles. The molecular formula is C18H22ClNO. The van der Waals surface area contributed by atoms with Crippen LogP contribution in [0, 0.1) is 6.92 Å². The van der Waals surface area contributed by atoms with Crippen molar-refractivity contribution in [2.24, 2.45) is 0 Å². The van der Waals surface area contributed by atoms with E-state index in [1.54, 1.807) is 0 Å². The fraction of sp³-hybridized carbons (Fsp3) is 0.333. The van der Waals surface area contributed by atoms with Crippen LogP contribution in [0.1, 0.15) is 30.5 Å². The van der Waals surface area contributed by atoms with E-state index in [1.165, 1.54) is 11.1 Å². The third kappa shape index (κ3) is 4.48. The molecule has 0 saturated heterocycles. The molecule has 0 radical (unpaired) electrons. The van der Waals surface area contributed by atoms with Gasteiger partial charge in [-0.15, -0.1) is 0 Å². The molecule has 0 spiro atoms. The lowest BCUT2D eigenvalue weighted by atomic mass is 10.1. The quantitative estimate of drug-likeness (QED) is 0.833. The number of benzene rings is 2. The van der Waals surface area contributed by atoms with E-state index in [9.17, 15) is 0 Å². The number of rotatable bonds is 6. The van der Waals surface area contributed by atoms with E-state index in [0.717, 1.165) is 16.3 Å². The zero-order chi connectivity index (χ0) is 15.2. The summed E-state index contributed by atoms with van der Waals surface area (Å²) in [5.41, 5.74) is 3.45. The second-order valence-electron chi connectivity index (χ2n) is 5.47. The van der Waals surface area contributed by atoms with Crippen LogP contribution >= 0.6 is 11.6 Å². The zero-order valence-corrected chi connectivity index (χ0v) is 13.6. The van der Waals surface area contributed by atoms with Crippen LogP contribution in [0.4, 0.5) is 0 Å². The number of hydrogen-bond acceptors (Lipinski definition) is 2. The second kappa shape index (κ2) is 7.48. The molecule has 0 bridgehead atoms. The number of halogens is 1. The Kier molecular flexibility index (Phi) is 5.66. The van der Waals surface area contributed by atoms with Gasteiger partial charge in [0.15, 0.2) is 0 Å². The summed E-state index contributed by atoms with van der Waals surface area (Å²) in [6.45, 7) is 7.59. The van der Waals surface area contributed by atoms with Crippen molar-refractivity contribution in [1.82, 2.24) is 5.32 Å². The van der Waals surface area contributed by atoms with Gasteiger partial charge in [0.05, 0.1) is 0 Å². The summed E-state index contributed by atoms with van der Waals surface area (Å²) in [6.07, 6.45) is 0. The summed E-state index contributed by atoms with van der Waals surface area (Å²) in [4.78, 5) is 0. The molecule has 1 N–H and O–H groups in total. The molecule has 0 amide bonds. The topological polar surface area (TPSA) is 21.3 Å². The first-order valence-electron chi connectivity index (χ1n) is 7.26. The van der Waals surface area contributed by atoms with Crippen molar-refractivity contribution in [1.29, 1.82) is 0 Å². The first kappa shape index (κ1) is 15.9. The Morgan fingerprint density at radius 2 is 1.86 bits per heavy atom. The van der Waals surface area contributed by atoms with Crippen molar-refractivity contribution in [2.45, 2.75) is 40.0 Å². The average molecular weight is 304 g/mol. The van der Waals surface area contributed by atoms with Gasteiger partial charge in [-0.3, -0.25) is 0 Å². The van der Waals surface area contributed by atoms with Crippen molar-refractivity contribution in [2.75, 3.05) is 0 Å². The van der Waals surface area contributed by atoms with Gasteiger partial charge in [0.1, 0.15) is 12.4 Å². The number of hydrogen-bond donors (Lipinski definition) is 1. The average Bonchev–Trinajstić information content (AvgIpc) is 2.45. The van der Waals surface area contributed by atoms with E-state index in [2.05, 4.69) is 38.2 Å². The Balaban J connectivity index is 2.12. The van der Waals surface area contributed by atoms with Crippen LogP contribution in [0.2, 0.25) is 5.02 Å². The predicted octanol–water partition coefficient (Wildman–Crippen LogP) is 4.73. The predicted molar refractivity (Wildman–Crippen MR) is 88.9 cm³/mol. The third-order valence-corrected chi connectivity index (χ3v) is 3.76. The lowest BCUT2D eigenvalue weighted by molar-refractivity contribution is 0.301. The molecule has 0 saturated carbocycles. The van der Waals surface area contributed by atoms with E-state index < -0.39 is 0 Å². The lowest BCUT2D eigenvalue weighted by Gasteiger charge is -2.15. The molecule has 0 aliphatic carbocycles. The third-order valence-electron chi connectivity index (χ3n) is 3.41. The summed E-state index contributed by atoms with van der Waals surface area (Å²) >= 11 is 6.31. The van der Waals surface area contributed by atoms with Gasteiger partial charge in [0, 0.05) is 23.2 Å². The van der Waals surface area contributed by atoms with Crippen LogP contribution in [-0.4, -0.2) is 6.04 Å².